The van der Waals surface area contributed by atoms with E-state index in [4.69, 9.17) is 21.1 Å². The Morgan fingerprint density at radius 3 is 2.32 bits per heavy atom. The monoisotopic (exact) mass is 983 g/mol. The smallest absolute Gasteiger partial charge is 0.356 e. The summed E-state index contributed by atoms with van der Waals surface area (Å²) in [7, 11) is 0. The van der Waals surface area contributed by atoms with Gasteiger partial charge in [0.25, 0.3) is 5.91 Å². The average Bonchev–Trinajstić information content (AvgIpc) is 3.96. The first-order chi connectivity index (χ1) is 32.6. The van der Waals surface area contributed by atoms with E-state index in [-0.39, 0.29) is 60.7 Å². The first-order valence-corrected chi connectivity index (χ1v) is 24.3. The highest BCUT2D eigenvalue weighted by Crippen LogP contribution is 2.55. The number of rotatable bonds is 20. The van der Waals surface area contributed by atoms with Crippen LogP contribution in [0.15, 0.2) is 72.2 Å². The molecule has 1 saturated heterocycles. The van der Waals surface area contributed by atoms with Crippen molar-refractivity contribution in [2.75, 3.05) is 31.6 Å². The number of carbonyl (C=O) groups is 5. The average molecular weight is 985 g/mol. The second kappa shape index (κ2) is 22.1. The molecule has 2 aliphatic rings. The number of carbonyl (C=O) groups excluding carboxylic acids is 4. The van der Waals surface area contributed by atoms with Gasteiger partial charge in [0.2, 0.25) is 17.7 Å². The molecule has 1 saturated carbocycles. The number of amides is 4. The molecule has 2 fully saturated rings. The van der Waals surface area contributed by atoms with Gasteiger partial charge >= 0.3 is 5.97 Å². The molecule has 69 heavy (non-hydrogen) atoms. The normalized spacial score (nSPS) is 19.6. The van der Waals surface area contributed by atoms with Gasteiger partial charge in [0.15, 0.2) is 5.69 Å². The van der Waals surface area contributed by atoms with E-state index in [1.165, 1.54) is 21.7 Å². The fourth-order valence-electron chi connectivity index (χ4n) is 9.46. The Balaban J connectivity index is 0.882. The standard InChI is InChI=1S/C51H62ClN7O9S/c1-49(2,3)42(45(64)59-27-35(60)23-38(59)44(63)55-26-30-11-13-31(14-12-30)41-40(46(65)66)56-29-69-41)57-39(61)28-67-22-10-8-9-21-54-34-18-15-32(16-19-34)43(62)58-47-50(4,5)48(51(47,6)7)68-36-20-17-33(25-53)37(52)24-36/h11-20,24,29,35,38,42,47-48,54,60H,8-10,21-23,26-28H2,1-7H3,(H,55,63)(H,57,61)(H,58,62)(H,65,66)/t35-,38+,42-,47-,48-/m1/s1. The number of nitrogens with zero attached hydrogens (tertiary/aromatic N) is 3. The van der Waals surface area contributed by atoms with Crippen LogP contribution in [0.3, 0.4) is 0 Å². The number of aromatic carboxylic acids is 1. The molecule has 0 spiro atoms. The predicted octanol–water partition coefficient (Wildman–Crippen LogP) is 7.05. The van der Waals surface area contributed by atoms with E-state index in [1.807, 2.05) is 32.9 Å². The summed E-state index contributed by atoms with van der Waals surface area (Å²) in [6.07, 6.45) is 1.30. The van der Waals surface area contributed by atoms with Crippen LogP contribution in [0.4, 0.5) is 5.69 Å². The molecule has 4 aromatic rings. The van der Waals surface area contributed by atoms with Gasteiger partial charge in [0.05, 0.1) is 27.1 Å². The van der Waals surface area contributed by atoms with Crippen molar-refractivity contribution in [3.8, 4) is 22.3 Å². The van der Waals surface area contributed by atoms with Crippen molar-refractivity contribution < 1.29 is 43.7 Å². The number of carboxylic acid groups (broad SMARTS) is 1. The Morgan fingerprint density at radius 2 is 1.68 bits per heavy atom. The van der Waals surface area contributed by atoms with Gasteiger partial charge in [-0.2, -0.15) is 5.26 Å². The zero-order chi connectivity index (χ0) is 50.3. The number of likely N-dealkylation sites (tertiary alicyclic amines) is 1. The molecule has 368 valence electrons. The molecule has 6 N–H and O–H groups in total. The van der Waals surface area contributed by atoms with Crippen LogP contribution >= 0.6 is 22.9 Å². The van der Waals surface area contributed by atoms with E-state index in [1.54, 1.807) is 54.6 Å². The van der Waals surface area contributed by atoms with Gasteiger partial charge in [0.1, 0.15) is 36.6 Å². The second-order valence-corrected chi connectivity index (χ2v) is 21.2. The predicted molar refractivity (Wildman–Crippen MR) is 263 cm³/mol. The molecule has 0 unspecified atom stereocenters. The number of aliphatic hydroxyl groups excluding tert-OH is 1. The van der Waals surface area contributed by atoms with Gasteiger partial charge in [-0.15, -0.1) is 11.3 Å². The number of benzene rings is 3. The number of thiazole rings is 1. The third-order valence-corrected chi connectivity index (χ3v) is 14.0. The number of nitrogens with one attached hydrogen (secondary N) is 4. The fourth-order valence-corrected chi connectivity index (χ4v) is 10.5. The summed E-state index contributed by atoms with van der Waals surface area (Å²) in [6, 6.07) is 19.4. The van der Waals surface area contributed by atoms with E-state index in [0.717, 1.165) is 24.1 Å². The summed E-state index contributed by atoms with van der Waals surface area (Å²) < 4.78 is 12.0. The number of anilines is 1. The van der Waals surface area contributed by atoms with Gasteiger partial charge in [-0.05, 0) is 72.2 Å². The zero-order valence-corrected chi connectivity index (χ0v) is 41.6. The van der Waals surface area contributed by atoms with Gasteiger partial charge in [-0.3, -0.25) is 19.2 Å². The van der Waals surface area contributed by atoms with Crippen molar-refractivity contribution in [2.45, 2.75) is 111 Å². The molecular weight excluding hydrogens is 922 g/mol. The lowest BCUT2D eigenvalue weighted by Gasteiger charge is -2.63. The highest BCUT2D eigenvalue weighted by molar-refractivity contribution is 7.13. The van der Waals surface area contributed by atoms with E-state index < -0.39 is 47.3 Å². The number of β-amino-alcohol motifs (C(OH)–C–C–N with tert-alkyl or cyclic N) is 1. The number of aromatic nitrogens is 1. The Morgan fingerprint density at radius 1 is 0.986 bits per heavy atom. The molecule has 6 rings (SSSR count). The fraction of sp³-hybridized carbons (Fsp3) is 0.471. The Labute approximate surface area is 412 Å². The van der Waals surface area contributed by atoms with E-state index in [9.17, 15) is 39.4 Å². The van der Waals surface area contributed by atoms with Crippen LogP contribution in [-0.2, 0) is 25.7 Å². The van der Waals surface area contributed by atoms with Gasteiger partial charge < -0.3 is 45.9 Å². The maximum atomic E-state index is 14.0. The number of hydrogen-bond acceptors (Lipinski definition) is 12. The number of aliphatic hydroxyl groups is 1. The highest BCUT2D eigenvalue weighted by atomic mass is 35.5. The maximum absolute atomic E-state index is 14.0. The molecule has 16 nitrogen and oxygen atoms in total. The summed E-state index contributed by atoms with van der Waals surface area (Å²) >= 11 is 7.46. The van der Waals surface area contributed by atoms with Gasteiger partial charge in [-0.1, -0.05) is 84.3 Å². The molecule has 0 radical (unpaired) electrons. The number of nitriles is 1. The largest absolute Gasteiger partial charge is 0.489 e. The SMILES string of the molecule is CC(C)(C)[C@H](NC(=O)COCCCCCNc1ccc(C(=O)N[C@H]2C(C)(C)[C@H](Oc3ccc(C#N)c(Cl)c3)C2(C)C)cc1)C(=O)N1C[C@H](O)C[C@H]1C(=O)NCc1ccc(-c2scnc2C(=O)O)cc1. The second-order valence-electron chi connectivity index (χ2n) is 19.9. The highest BCUT2D eigenvalue weighted by Gasteiger charge is 2.64. The molecule has 4 amide bonds. The quantitative estimate of drug-likeness (QED) is 0.0489. The van der Waals surface area contributed by atoms with Crippen LogP contribution in [0, 0.1) is 27.6 Å². The topological polar surface area (TPSA) is 232 Å². The molecule has 2 heterocycles. The van der Waals surface area contributed by atoms with E-state index in [2.05, 4.69) is 60.0 Å². The summed E-state index contributed by atoms with van der Waals surface area (Å²) in [5, 5.41) is 41.8. The Hall–Kier alpha value is -6.06. The van der Waals surface area contributed by atoms with Crippen LogP contribution in [-0.4, -0.2) is 106 Å². The minimum absolute atomic E-state index is 0.0268. The Kier molecular flexibility index (Phi) is 16.8. The lowest BCUT2D eigenvalue weighted by molar-refractivity contribution is -0.164. The molecule has 1 aliphatic carbocycles. The summed E-state index contributed by atoms with van der Waals surface area (Å²) in [4.78, 5) is 71.1. The Bertz CT molecular complexity index is 2520. The third-order valence-electron chi connectivity index (χ3n) is 12.8. The molecule has 3 aromatic carbocycles. The van der Waals surface area contributed by atoms with E-state index >= 15 is 0 Å². The van der Waals surface area contributed by atoms with E-state index in [0.29, 0.717) is 51.9 Å². The van der Waals surface area contributed by atoms with Crippen molar-refractivity contribution >= 4 is 58.2 Å². The number of hydrogen-bond donors (Lipinski definition) is 6. The summed E-state index contributed by atoms with van der Waals surface area (Å²) in [6.45, 7) is 14.6. The minimum atomic E-state index is -1.11. The van der Waals surface area contributed by atoms with Crippen LogP contribution in [0.1, 0.15) is 106 Å². The van der Waals surface area contributed by atoms with Crippen LogP contribution in [0.2, 0.25) is 5.02 Å². The first-order valence-electron chi connectivity index (χ1n) is 23.0. The maximum Gasteiger partial charge on any atom is 0.356 e. The molecule has 1 aromatic heterocycles. The number of carboxylic acids is 1. The lowest BCUT2D eigenvalue weighted by Crippen LogP contribution is -2.74. The van der Waals surface area contributed by atoms with Crippen molar-refractivity contribution in [1.29, 1.82) is 5.26 Å². The number of ether oxygens (including phenoxy) is 2. The molecule has 0 bridgehead atoms. The van der Waals surface area contributed by atoms with Crippen molar-refractivity contribution in [1.82, 2.24) is 25.8 Å². The van der Waals surface area contributed by atoms with Crippen LogP contribution in [0.25, 0.3) is 10.4 Å². The number of unbranched alkanes of at least 4 members (excludes halogenated alkanes) is 2. The molecular formula is C51H62ClN7O9S. The summed E-state index contributed by atoms with van der Waals surface area (Å²) in [5.74, 6) is -2.10. The van der Waals surface area contributed by atoms with Crippen LogP contribution in [0.5, 0.6) is 5.75 Å². The molecule has 18 heteroatoms. The van der Waals surface area contributed by atoms with Crippen molar-refractivity contribution in [3.05, 3.63) is 99.6 Å². The third kappa shape index (κ3) is 12.6. The number of halogens is 1. The molecule has 1 aliphatic heterocycles. The van der Waals surface area contributed by atoms with Gasteiger partial charge in [0, 0.05) is 66.9 Å². The van der Waals surface area contributed by atoms with Crippen molar-refractivity contribution in [2.24, 2.45) is 16.2 Å². The minimum Gasteiger partial charge on any atom is -0.489 e. The zero-order valence-electron chi connectivity index (χ0n) is 40.1. The first kappa shape index (κ1) is 52.3. The van der Waals surface area contributed by atoms with Crippen molar-refractivity contribution in [3.63, 3.8) is 0 Å². The molecule has 3 atom stereocenters. The van der Waals surface area contributed by atoms with Crippen LogP contribution < -0.4 is 26.0 Å². The lowest BCUT2D eigenvalue weighted by atomic mass is 9.49. The summed E-state index contributed by atoms with van der Waals surface area (Å²) in [5.41, 5.74) is 3.19. The van der Waals surface area contributed by atoms with Gasteiger partial charge in [-0.25, -0.2) is 9.78 Å².